The van der Waals surface area contributed by atoms with Crippen molar-refractivity contribution in [3.63, 3.8) is 0 Å². The molecule has 2 atom stereocenters. The minimum Gasteiger partial charge on any atom is -0.320 e. The average molecular weight is 211 g/mol. The molecular weight excluding hydrogens is 182 g/mol. The Hall–Kier alpha value is -0.0400. The first kappa shape index (κ1) is 13.0. The first-order valence-electron chi connectivity index (χ1n) is 6.74. The van der Waals surface area contributed by atoms with Gasteiger partial charge < -0.3 is 5.32 Å². The van der Waals surface area contributed by atoms with Crippen LogP contribution in [0.2, 0.25) is 0 Å². The predicted molar refractivity (Wildman–Crippen MR) is 68.1 cm³/mol. The minimum absolute atomic E-state index is 0.539. The fourth-order valence-electron chi connectivity index (χ4n) is 3.02. The third-order valence-corrected chi connectivity index (χ3v) is 4.48. The van der Waals surface area contributed by atoms with Gasteiger partial charge in [0.25, 0.3) is 0 Å². The molecule has 1 fully saturated rings. The first-order valence-corrected chi connectivity index (χ1v) is 6.74. The van der Waals surface area contributed by atoms with E-state index in [9.17, 15) is 0 Å². The van der Waals surface area contributed by atoms with Gasteiger partial charge in [0.15, 0.2) is 0 Å². The van der Waals surface area contributed by atoms with Crippen molar-refractivity contribution in [3.05, 3.63) is 0 Å². The molecule has 0 aliphatic heterocycles. The van der Waals surface area contributed by atoms with Crippen LogP contribution in [0.1, 0.15) is 59.3 Å². The lowest BCUT2D eigenvalue weighted by molar-refractivity contribution is 0.114. The molecular formula is C14H29N. The summed E-state index contributed by atoms with van der Waals surface area (Å²) in [5, 5.41) is 3.29. The van der Waals surface area contributed by atoms with Gasteiger partial charge in [-0.25, -0.2) is 0 Å². The molecule has 90 valence electrons. The molecule has 0 radical (unpaired) electrons. The Kier molecular flexibility index (Phi) is 5.11. The van der Waals surface area contributed by atoms with Crippen LogP contribution in [-0.4, -0.2) is 13.6 Å². The Labute approximate surface area is 96.0 Å². The van der Waals surface area contributed by atoms with Gasteiger partial charge >= 0.3 is 0 Å². The summed E-state index contributed by atoms with van der Waals surface area (Å²) in [7, 11) is 2.06. The molecule has 0 amide bonds. The van der Waals surface area contributed by atoms with Gasteiger partial charge in [-0.1, -0.05) is 40.0 Å². The zero-order valence-corrected chi connectivity index (χ0v) is 11.1. The molecule has 2 unspecified atom stereocenters. The molecule has 1 aliphatic rings. The van der Waals surface area contributed by atoms with Crippen molar-refractivity contribution in [3.8, 4) is 0 Å². The van der Waals surface area contributed by atoms with E-state index in [0.717, 1.165) is 11.8 Å². The van der Waals surface area contributed by atoms with Gasteiger partial charge in [-0.3, -0.25) is 0 Å². The third kappa shape index (κ3) is 3.79. The maximum atomic E-state index is 3.29. The summed E-state index contributed by atoms with van der Waals surface area (Å²) in [5.41, 5.74) is 0.539. The normalized spacial score (nSPS) is 28.0. The molecule has 1 nitrogen and oxygen atoms in total. The van der Waals surface area contributed by atoms with Crippen molar-refractivity contribution in [2.24, 2.45) is 17.3 Å². The highest BCUT2D eigenvalue weighted by molar-refractivity contribution is 4.84. The molecule has 0 bridgehead atoms. The van der Waals surface area contributed by atoms with E-state index < -0.39 is 0 Å². The van der Waals surface area contributed by atoms with Crippen LogP contribution < -0.4 is 5.32 Å². The average Bonchev–Trinajstić information content (AvgIpc) is 2.26. The predicted octanol–water partition coefficient (Wildman–Crippen LogP) is 3.84. The second-order valence-corrected chi connectivity index (χ2v) is 5.98. The molecule has 1 aliphatic carbocycles. The smallest absolute Gasteiger partial charge is 0.00467 e. The molecule has 0 heterocycles. The first-order chi connectivity index (χ1) is 7.10. The van der Waals surface area contributed by atoms with E-state index in [1.807, 2.05) is 0 Å². The molecule has 1 saturated carbocycles. The SMILES string of the molecule is CCC1CCCC(C(C)(C)CCNC)C1. The van der Waals surface area contributed by atoms with Gasteiger partial charge in [0, 0.05) is 0 Å². The highest BCUT2D eigenvalue weighted by Gasteiger charge is 2.32. The van der Waals surface area contributed by atoms with Crippen LogP contribution in [0.15, 0.2) is 0 Å². The van der Waals surface area contributed by atoms with Crippen LogP contribution in [-0.2, 0) is 0 Å². The van der Waals surface area contributed by atoms with Crippen LogP contribution in [0.4, 0.5) is 0 Å². The van der Waals surface area contributed by atoms with Crippen molar-refractivity contribution >= 4 is 0 Å². The van der Waals surface area contributed by atoms with Crippen molar-refractivity contribution < 1.29 is 0 Å². The van der Waals surface area contributed by atoms with E-state index in [1.165, 1.54) is 45.1 Å². The molecule has 15 heavy (non-hydrogen) atoms. The zero-order valence-electron chi connectivity index (χ0n) is 11.1. The Morgan fingerprint density at radius 1 is 1.27 bits per heavy atom. The van der Waals surface area contributed by atoms with E-state index in [0.29, 0.717) is 5.41 Å². The fourth-order valence-corrected chi connectivity index (χ4v) is 3.02. The van der Waals surface area contributed by atoms with E-state index in [-0.39, 0.29) is 0 Å². The van der Waals surface area contributed by atoms with Gasteiger partial charge in [0.1, 0.15) is 0 Å². The van der Waals surface area contributed by atoms with E-state index in [4.69, 9.17) is 0 Å². The Morgan fingerprint density at radius 3 is 2.60 bits per heavy atom. The molecule has 1 heteroatoms. The molecule has 0 saturated heterocycles. The van der Waals surface area contributed by atoms with E-state index >= 15 is 0 Å². The van der Waals surface area contributed by atoms with Crippen LogP contribution in [0.3, 0.4) is 0 Å². The lowest BCUT2D eigenvalue weighted by Crippen LogP contribution is -2.31. The molecule has 1 N–H and O–H groups in total. The van der Waals surface area contributed by atoms with Gasteiger partial charge in [-0.2, -0.15) is 0 Å². The van der Waals surface area contributed by atoms with Gasteiger partial charge in [-0.15, -0.1) is 0 Å². The highest BCUT2D eigenvalue weighted by Crippen LogP contribution is 2.43. The molecule has 0 spiro atoms. The van der Waals surface area contributed by atoms with Gasteiger partial charge in [-0.05, 0) is 50.1 Å². The van der Waals surface area contributed by atoms with Crippen LogP contribution >= 0.6 is 0 Å². The summed E-state index contributed by atoms with van der Waals surface area (Å²) < 4.78 is 0. The quantitative estimate of drug-likeness (QED) is 0.728. The van der Waals surface area contributed by atoms with Gasteiger partial charge in [0.05, 0.1) is 0 Å². The minimum atomic E-state index is 0.539. The number of rotatable bonds is 5. The monoisotopic (exact) mass is 211 g/mol. The number of nitrogens with one attached hydrogen (secondary N) is 1. The van der Waals surface area contributed by atoms with Crippen molar-refractivity contribution in [1.29, 1.82) is 0 Å². The molecule has 0 aromatic heterocycles. The highest BCUT2D eigenvalue weighted by atomic mass is 14.8. The molecule has 0 aromatic carbocycles. The van der Waals surface area contributed by atoms with Gasteiger partial charge in [0.2, 0.25) is 0 Å². The van der Waals surface area contributed by atoms with Crippen molar-refractivity contribution in [2.45, 2.75) is 59.3 Å². The standard InChI is InChI=1S/C14H29N/c1-5-12-7-6-8-13(11-12)14(2,3)9-10-15-4/h12-13,15H,5-11H2,1-4H3. The second-order valence-electron chi connectivity index (χ2n) is 5.98. The third-order valence-electron chi connectivity index (χ3n) is 4.48. The van der Waals surface area contributed by atoms with Crippen LogP contribution in [0.5, 0.6) is 0 Å². The summed E-state index contributed by atoms with van der Waals surface area (Å²) in [6.07, 6.45) is 8.60. The Bertz CT molecular complexity index is 174. The van der Waals surface area contributed by atoms with Crippen molar-refractivity contribution in [1.82, 2.24) is 5.32 Å². The lowest BCUT2D eigenvalue weighted by atomic mass is 9.66. The summed E-state index contributed by atoms with van der Waals surface area (Å²) in [4.78, 5) is 0. The van der Waals surface area contributed by atoms with E-state index in [2.05, 4.69) is 33.1 Å². The van der Waals surface area contributed by atoms with Crippen LogP contribution in [0, 0.1) is 17.3 Å². The number of hydrogen-bond acceptors (Lipinski definition) is 1. The lowest BCUT2D eigenvalue weighted by Gasteiger charge is -2.40. The Morgan fingerprint density at radius 2 is 2.00 bits per heavy atom. The maximum Gasteiger partial charge on any atom is -0.00467 e. The zero-order chi connectivity index (χ0) is 11.3. The molecule has 0 aromatic rings. The summed E-state index contributed by atoms with van der Waals surface area (Å²) in [6.45, 7) is 8.45. The maximum absolute atomic E-state index is 3.29. The summed E-state index contributed by atoms with van der Waals surface area (Å²) >= 11 is 0. The largest absolute Gasteiger partial charge is 0.320 e. The summed E-state index contributed by atoms with van der Waals surface area (Å²) in [5.74, 6) is 1.97. The number of hydrogen-bond donors (Lipinski definition) is 1. The van der Waals surface area contributed by atoms with Crippen LogP contribution in [0.25, 0.3) is 0 Å². The Balaban J connectivity index is 2.45. The van der Waals surface area contributed by atoms with E-state index in [1.54, 1.807) is 0 Å². The summed E-state index contributed by atoms with van der Waals surface area (Å²) in [6, 6.07) is 0. The fraction of sp³-hybridized carbons (Fsp3) is 1.00. The topological polar surface area (TPSA) is 12.0 Å². The van der Waals surface area contributed by atoms with Crippen molar-refractivity contribution in [2.75, 3.05) is 13.6 Å². The molecule has 1 rings (SSSR count). The second kappa shape index (κ2) is 5.89.